The molecular weight excluding hydrogens is 560 g/mol. The molecule has 5 nitrogen and oxygen atoms in total. The van der Waals surface area contributed by atoms with E-state index in [1.54, 1.807) is 0 Å². The number of anilines is 1. The smallest absolute Gasteiger partial charge is 0.251 e. The van der Waals surface area contributed by atoms with Crippen molar-refractivity contribution in [3.05, 3.63) is 154 Å². The van der Waals surface area contributed by atoms with Crippen LogP contribution in [0.1, 0.15) is 45.6 Å². The third kappa shape index (κ3) is 8.44. The Kier molecular flexibility index (Phi) is 10.3. The van der Waals surface area contributed by atoms with E-state index in [4.69, 9.17) is 16.6 Å². The van der Waals surface area contributed by atoms with Crippen LogP contribution in [0.15, 0.2) is 126 Å². The molecule has 0 bridgehead atoms. The number of hydrogen-bond donors (Lipinski definition) is 1. The van der Waals surface area contributed by atoms with Crippen LogP contribution in [0.4, 0.5) is 5.82 Å². The lowest BCUT2D eigenvalue weighted by molar-refractivity contribution is 0.0940. The average Bonchev–Trinajstić information content (AvgIpc) is 3.03. The first-order chi connectivity index (χ1) is 20.5. The Hall–Kier alpha value is -4.13. The van der Waals surface area contributed by atoms with Crippen molar-refractivity contribution in [2.24, 2.45) is 0 Å². The Morgan fingerprint density at radius 3 is 2.10 bits per heavy atom. The molecule has 5 aromatic rings. The molecule has 0 fully saturated rings. The number of nitrogens with zero attached hydrogens (tertiary/aromatic N) is 3. The summed E-state index contributed by atoms with van der Waals surface area (Å²) in [5.41, 5.74) is 5.25. The first-order valence-corrected chi connectivity index (χ1v) is 15.3. The molecule has 42 heavy (non-hydrogen) atoms. The van der Waals surface area contributed by atoms with E-state index in [9.17, 15) is 4.79 Å². The number of aromatic nitrogens is 2. The third-order valence-corrected chi connectivity index (χ3v) is 8.06. The predicted molar refractivity (Wildman–Crippen MR) is 173 cm³/mol. The number of carbonyl (C=O) groups is 1. The first kappa shape index (κ1) is 29.4. The number of carbonyl (C=O) groups excluding carboxylic acids is 1. The van der Waals surface area contributed by atoms with E-state index < -0.39 is 0 Å². The van der Waals surface area contributed by atoms with Gasteiger partial charge in [-0.1, -0.05) is 126 Å². The largest absolute Gasteiger partial charge is 0.352 e. The van der Waals surface area contributed by atoms with E-state index in [1.807, 2.05) is 79.7 Å². The molecule has 0 aliphatic rings. The molecule has 0 saturated carbocycles. The maximum Gasteiger partial charge on any atom is 0.251 e. The lowest BCUT2D eigenvalue weighted by Gasteiger charge is -2.24. The molecule has 0 spiro atoms. The summed E-state index contributed by atoms with van der Waals surface area (Å²) in [6, 6.07) is 40.2. The summed E-state index contributed by atoms with van der Waals surface area (Å²) < 4.78 is 0. The van der Waals surface area contributed by atoms with Crippen LogP contribution >= 0.6 is 23.4 Å². The van der Waals surface area contributed by atoms with Crippen molar-refractivity contribution in [3.8, 4) is 0 Å². The summed E-state index contributed by atoms with van der Waals surface area (Å²) in [6.07, 6.45) is 0.891. The van der Waals surface area contributed by atoms with Crippen LogP contribution in [-0.2, 0) is 18.7 Å². The van der Waals surface area contributed by atoms with Gasteiger partial charge in [0.05, 0.1) is 6.04 Å². The van der Waals surface area contributed by atoms with Gasteiger partial charge in [0, 0.05) is 30.5 Å². The van der Waals surface area contributed by atoms with Gasteiger partial charge in [-0.3, -0.25) is 4.79 Å². The van der Waals surface area contributed by atoms with Gasteiger partial charge in [0.15, 0.2) is 5.16 Å². The third-order valence-electron chi connectivity index (χ3n) is 6.95. The number of hydrogen-bond acceptors (Lipinski definition) is 5. The lowest BCUT2D eigenvalue weighted by atomic mass is 10.1. The SMILES string of the molecule is CC(NC(=O)c1ccc(CSc2nc(Cl)cc(N(CCc3ccccc3)Cc3ccccc3)n2)cc1)c1ccccc1. The highest BCUT2D eigenvalue weighted by molar-refractivity contribution is 7.98. The molecule has 0 saturated heterocycles. The number of nitrogens with one attached hydrogen (secondary N) is 1. The summed E-state index contributed by atoms with van der Waals surface area (Å²) in [5, 5.41) is 4.10. The van der Waals surface area contributed by atoms with Gasteiger partial charge in [-0.2, -0.15) is 0 Å². The molecule has 7 heteroatoms. The van der Waals surface area contributed by atoms with Crippen LogP contribution in [0.25, 0.3) is 0 Å². The van der Waals surface area contributed by atoms with E-state index in [-0.39, 0.29) is 11.9 Å². The van der Waals surface area contributed by atoms with Gasteiger partial charge in [0.2, 0.25) is 0 Å². The molecule has 0 aliphatic carbocycles. The van der Waals surface area contributed by atoms with Crippen LogP contribution in [-0.4, -0.2) is 22.4 Å². The van der Waals surface area contributed by atoms with Gasteiger partial charge in [-0.15, -0.1) is 0 Å². The van der Waals surface area contributed by atoms with Gasteiger partial charge in [-0.05, 0) is 47.7 Å². The molecule has 1 unspecified atom stereocenters. The van der Waals surface area contributed by atoms with E-state index in [0.29, 0.717) is 21.6 Å². The number of amides is 1. The highest BCUT2D eigenvalue weighted by Gasteiger charge is 2.14. The van der Waals surface area contributed by atoms with Gasteiger partial charge in [0.25, 0.3) is 5.91 Å². The van der Waals surface area contributed by atoms with Crippen molar-refractivity contribution in [2.45, 2.75) is 36.8 Å². The molecular formula is C35H33ClN4OS. The maximum atomic E-state index is 12.8. The minimum absolute atomic E-state index is 0.0720. The fourth-order valence-corrected chi connectivity index (χ4v) is 5.64. The van der Waals surface area contributed by atoms with E-state index in [1.165, 1.54) is 22.9 Å². The zero-order valence-corrected chi connectivity index (χ0v) is 25.1. The summed E-state index contributed by atoms with van der Waals surface area (Å²) in [5.74, 6) is 1.37. The van der Waals surface area contributed by atoms with Crippen LogP contribution in [0.5, 0.6) is 0 Å². The topological polar surface area (TPSA) is 58.1 Å². The number of thioether (sulfide) groups is 1. The second-order valence-electron chi connectivity index (χ2n) is 10.1. The van der Waals surface area contributed by atoms with E-state index in [2.05, 4.69) is 63.7 Å². The molecule has 212 valence electrons. The minimum atomic E-state index is -0.0950. The monoisotopic (exact) mass is 592 g/mol. The average molecular weight is 593 g/mol. The quantitative estimate of drug-likeness (QED) is 0.0899. The minimum Gasteiger partial charge on any atom is -0.352 e. The van der Waals surface area contributed by atoms with Gasteiger partial charge >= 0.3 is 0 Å². The van der Waals surface area contributed by atoms with Crippen LogP contribution in [0, 0.1) is 0 Å². The van der Waals surface area contributed by atoms with E-state index >= 15 is 0 Å². The first-order valence-electron chi connectivity index (χ1n) is 14.0. The number of halogens is 1. The summed E-state index contributed by atoms with van der Waals surface area (Å²) in [4.78, 5) is 24.4. The Morgan fingerprint density at radius 2 is 1.43 bits per heavy atom. The second kappa shape index (κ2) is 14.7. The Balaban J connectivity index is 1.24. The summed E-state index contributed by atoms with van der Waals surface area (Å²) in [6.45, 7) is 3.50. The zero-order valence-electron chi connectivity index (χ0n) is 23.5. The summed E-state index contributed by atoms with van der Waals surface area (Å²) in [7, 11) is 0. The highest BCUT2D eigenvalue weighted by atomic mass is 35.5. The van der Waals surface area contributed by atoms with Crippen molar-refractivity contribution in [1.29, 1.82) is 0 Å². The van der Waals surface area contributed by atoms with Crippen LogP contribution in [0.2, 0.25) is 5.15 Å². The van der Waals surface area contributed by atoms with Gasteiger partial charge < -0.3 is 10.2 Å². The molecule has 1 atom stereocenters. The van der Waals surface area contributed by atoms with Crippen molar-refractivity contribution < 1.29 is 4.79 Å². The predicted octanol–water partition coefficient (Wildman–Crippen LogP) is 8.16. The maximum absolute atomic E-state index is 12.8. The lowest BCUT2D eigenvalue weighted by Crippen LogP contribution is -2.26. The van der Waals surface area contributed by atoms with Crippen molar-refractivity contribution in [2.75, 3.05) is 11.4 Å². The molecule has 5 rings (SSSR count). The molecule has 1 heterocycles. The van der Waals surface area contributed by atoms with Crippen molar-refractivity contribution in [1.82, 2.24) is 15.3 Å². The molecule has 1 amide bonds. The van der Waals surface area contributed by atoms with Crippen LogP contribution in [0.3, 0.4) is 0 Å². The standard InChI is InChI=1S/C35H33ClN4OS/c1-26(30-15-9-4-10-16-30)37-34(41)31-19-17-29(18-20-31)25-42-35-38-32(36)23-33(39-35)40(24-28-13-7-3-8-14-28)22-21-27-11-5-2-6-12-27/h2-20,23,26H,21-22,24-25H2,1H3,(H,37,41). The van der Waals surface area contributed by atoms with Gasteiger partial charge in [0.1, 0.15) is 11.0 Å². The zero-order chi connectivity index (χ0) is 29.1. The highest BCUT2D eigenvalue weighted by Crippen LogP contribution is 2.26. The Morgan fingerprint density at radius 1 is 0.810 bits per heavy atom. The van der Waals surface area contributed by atoms with Gasteiger partial charge in [-0.25, -0.2) is 9.97 Å². The molecule has 1 N–H and O–H groups in total. The Labute approximate surface area is 257 Å². The van der Waals surface area contributed by atoms with E-state index in [0.717, 1.165) is 36.5 Å². The fraction of sp³-hybridized carbons (Fsp3) is 0.171. The normalized spacial score (nSPS) is 11.6. The van der Waals surface area contributed by atoms with Crippen molar-refractivity contribution in [3.63, 3.8) is 0 Å². The van der Waals surface area contributed by atoms with Crippen LogP contribution < -0.4 is 10.2 Å². The molecule has 0 radical (unpaired) electrons. The second-order valence-corrected chi connectivity index (χ2v) is 11.4. The molecule has 4 aromatic carbocycles. The summed E-state index contributed by atoms with van der Waals surface area (Å²) >= 11 is 8.03. The number of rotatable bonds is 12. The fourth-order valence-electron chi connectivity index (χ4n) is 4.60. The number of benzene rings is 4. The van der Waals surface area contributed by atoms with Crippen molar-refractivity contribution >= 4 is 35.1 Å². The molecule has 1 aromatic heterocycles. The Bertz CT molecular complexity index is 1570. The molecule has 0 aliphatic heterocycles.